The molecule has 2 amide bonds. The highest BCUT2D eigenvalue weighted by atomic mass is 16.2. The van der Waals surface area contributed by atoms with E-state index >= 15 is 0 Å². The lowest BCUT2D eigenvalue weighted by Gasteiger charge is -2.30. The minimum Gasteiger partial charge on any atom is -0.371 e. The van der Waals surface area contributed by atoms with Gasteiger partial charge in [-0.3, -0.25) is 9.59 Å². The minimum atomic E-state index is -0.0897. The summed E-state index contributed by atoms with van der Waals surface area (Å²) >= 11 is 0. The first-order chi connectivity index (χ1) is 14.2. The molecule has 1 saturated heterocycles. The van der Waals surface area contributed by atoms with Crippen molar-refractivity contribution in [3.63, 3.8) is 0 Å². The van der Waals surface area contributed by atoms with Gasteiger partial charge in [0.15, 0.2) is 0 Å². The summed E-state index contributed by atoms with van der Waals surface area (Å²) in [6.07, 6.45) is 5.59. The van der Waals surface area contributed by atoms with Crippen molar-refractivity contribution in [2.75, 3.05) is 29.9 Å². The number of anilines is 2. The molecule has 2 aromatic carbocycles. The molecule has 1 aliphatic rings. The molecule has 0 bridgehead atoms. The SMILES string of the molecule is CCCC(=O)Nc1ccc(N2CCCCC2)c(C(=O)NCCc2ccccc2)c1. The molecule has 0 unspecified atom stereocenters. The van der Waals surface area contributed by atoms with Crippen LogP contribution >= 0.6 is 0 Å². The van der Waals surface area contributed by atoms with E-state index in [4.69, 9.17) is 0 Å². The van der Waals surface area contributed by atoms with Gasteiger partial charge < -0.3 is 15.5 Å². The van der Waals surface area contributed by atoms with Crippen LogP contribution in [-0.2, 0) is 11.2 Å². The zero-order valence-corrected chi connectivity index (χ0v) is 17.2. The quantitative estimate of drug-likeness (QED) is 0.699. The molecule has 5 heteroatoms. The molecule has 0 radical (unpaired) electrons. The van der Waals surface area contributed by atoms with E-state index in [1.165, 1.54) is 12.0 Å². The summed E-state index contributed by atoms with van der Waals surface area (Å²) in [5.41, 5.74) is 3.46. The number of hydrogen-bond donors (Lipinski definition) is 2. The van der Waals surface area contributed by atoms with Gasteiger partial charge in [-0.25, -0.2) is 0 Å². The lowest BCUT2D eigenvalue weighted by molar-refractivity contribution is -0.116. The average molecular weight is 394 g/mol. The van der Waals surface area contributed by atoms with Gasteiger partial charge in [0.05, 0.1) is 5.56 Å². The molecular formula is C24H31N3O2. The smallest absolute Gasteiger partial charge is 0.253 e. The van der Waals surface area contributed by atoms with Crippen molar-refractivity contribution < 1.29 is 9.59 Å². The van der Waals surface area contributed by atoms with E-state index in [1.54, 1.807) is 0 Å². The van der Waals surface area contributed by atoms with Crippen molar-refractivity contribution in [3.8, 4) is 0 Å². The zero-order valence-electron chi connectivity index (χ0n) is 17.2. The second kappa shape index (κ2) is 10.6. The van der Waals surface area contributed by atoms with Crippen LogP contribution in [0.4, 0.5) is 11.4 Å². The second-order valence-corrected chi connectivity index (χ2v) is 7.57. The maximum absolute atomic E-state index is 13.0. The first-order valence-corrected chi connectivity index (χ1v) is 10.7. The molecule has 1 heterocycles. The van der Waals surface area contributed by atoms with E-state index in [9.17, 15) is 9.59 Å². The third kappa shape index (κ3) is 6.08. The maximum atomic E-state index is 13.0. The largest absolute Gasteiger partial charge is 0.371 e. The van der Waals surface area contributed by atoms with E-state index in [-0.39, 0.29) is 11.8 Å². The third-order valence-corrected chi connectivity index (χ3v) is 5.24. The number of amides is 2. The Labute approximate surface area is 173 Å². The van der Waals surface area contributed by atoms with Crippen molar-refractivity contribution in [1.82, 2.24) is 5.32 Å². The minimum absolute atomic E-state index is 0.0198. The normalized spacial score (nSPS) is 13.8. The summed E-state index contributed by atoms with van der Waals surface area (Å²) in [6, 6.07) is 15.8. The Bertz CT molecular complexity index is 814. The topological polar surface area (TPSA) is 61.4 Å². The van der Waals surface area contributed by atoms with Crippen molar-refractivity contribution in [2.24, 2.45) is 0 Å². The van der Waals surface area contributed by atoms with Crippen molar-refractivity contribution in [1.29, 1.82) is 0 Å². The summed E-state index contributed by atoms with van der Waals surface area (Å²) in [5.74, 6) is -0.109. The maximum Gasteiger partial charge on any atom is 0.253 e. The first-order valence-electron chi connectivity index (χ1n) is 10.7. The van der Waals surface area contributed by atoms with Gasteiger partial charge in [0.2, 0.25) is 5.91 Å². The molecule has 2 N–H and O–H groups in total. The van der Waals surface area contributed by atoms with Crippen molar-refractivity contribution in [3.05, 3.63) is 59.7 Å². The van der Waals surface area contributed by atoms with E-state index in [2.05, 4.69) is 27.7 Å². The molecule has 5 nitrogen and oxygen atoms in total. The van der Waals surface area contributed by atoms with E-state index in [1.807, 2.05) is 43.3 Å². The highest BCUT2D eigenvalue weighted by molar-refractivity contribution is 6.02. The van der Waals surface area contributed by atoms with Crippen molar-refractivity contribution >= 4 is 23.2 Å². The van der Waals surface area contributed by atoms with Crippen LogP contribution in [-0.4, -0.2) is 31.4 Å². The van der Waals surface area contributed by atoms with E-state index < -0.39 is 0 Å². The number of carbonyl (C=O) groups excluding carboxylic acids is 2. The Morgan fingerprint density at radius 2 is 1.76 bits per heavy atom. The molecule has 0 atom stereocenters. The van der Waals surface area contributed by atoms with Gasteiger partial charge in [-0.05, 0) is 55.9 Å². The highest BCUT2D eigenvalue weighted by Gasteiger charge is 2.19. The lowest BCUT2D eigenvalue weighted by atomic mass is 10.1. The van der Waals surface area contributed by atoms with Gasteiger partial charge in [-0.1, -0.05) is 37.3 Å². The standard InChI is InChI=1S/C24H31N3O2/c1-2-9-23(28)26-20-12-13-22(27-16-7-4-8-17-27)21(18-20)24(29)25-15-14-19-10-5-3-6-11-19/h3,5-6,10-13,18H,2,4,7-9,14-17H2,1H3,(H,25,29)(H,26,28). The highest BCUT2D eigenvalue weighted by Crippen LogP contribution is 2.27. The van der Waals surface area contributed by atoms with E-state index in [0.29, 0.717) is 24.2 Å². The predicted molar refractivity (Wildman–Crippen MR) is 119 cm³/mol. The van der Waals surface area contributed by atoms with Crippen LogP contribution in [0.5, 0.6) is 0 Å². The van der Waals surface area contributed by atoms with Gasteiger partial charge in [0.1, 0.15) is 0 Å². The number of benzene rings is 2. The van der Waals surface area contributed by atoms with E-state index in [0.717, 1.165) is 44.5 Å². The van der Waals surface area contributed by atoms with Crippen LogP contribution in [0.1, 0.15) is 54.9 Å². The Morgan fingerprint density at radius 1 is 1.00 bits per heavy atom. The predicted octanol–water partition coefficient (Wildman–Crippen LogP) is 4.39. The summed E-state index contributed by atoms with van der Waals surface area (Å²) in [6.45, 7) is 4.48. The lowest BCUT2D eigenvalue weighted by Crippen LogP contribution is -2.33. The van der Waals surface area contributed by atoms with Crippen LogP contribution in [0.3, 0.4) is 0 Å². The van der Waals surface area contributed by atoms with Gasteiger partial charge >= 0.3 is 0 Å². The molecule has 2 aromatic rings. The Hall–Kier alpha value is -2.82. The van der Waals surface area contributed by atoms with Crippen LogP contribution in [0.15, 0.2) is 48.5 Å². The second-order valence-electron chi connectivity index (χ2n) is 7.57. The Balaban J connectivity index is 1.74. The van der Waals surface area contributed by atoms with Crippen molar-refractivity contribution in [2.45, 2.75) is 45.4 Å². The summed E-state index contributed by atoms with van der Waals surface area (Å²) in [7, 11) is 0. The fraction of sp³-hybridized carbons (Fsp3) is 0.417. The summed E-state index contributed by atoms with van der Waals surface area (Å²) in [5, 5.41) is 5.97. The molecule has 0 saturated carbocycles. The number of piperidine rings is 1. The van der Waals surface area contributed by atoms with Crippen LogP contribution in [0.25, 0.3) is 0 Å². The third-order valence-electron chi connectivity index (χ3n) is 5.24. The molecule has 0 spiro atoms. The monoisotopic (exact) mass is 393 g/mol. The molecule has 3 rings (SSSR count). The fourth-order valence-corrected chi connectivity index (χ4v) is 3.72. The number of nitrogens with one attached hydrogen (secondary N) is 2. The first kappa shape index (κ1) is 20.9. The van der Waals surface area contributed by atoms with Crippen LogP contribution < -0.4 is 15.5 Å². The average Bonchev–Trinajstić information content (AvgIpc) is 2.75. The fourth-order valence-electron chi connectivity index (χ4n) is 3.72. The molecule has 0 aromatic heterocycles. The number of nitrogens with zero attached hydrogens (tertiary/aromatic N) is 1. The Kier molecular flexibility index (Phi) is 7.68. The molecule has 29 heavy (non-hydrogen) atoms. The number of carbonyl (C=O) groups is 2. The van der Waals surface area contributed by atoms with Crippen LogP contribution in [0.2, 0.25) is 0 Å². The summed E-state index contributed by atoms with van der Waals surface area (Å²) in [4.78, 5) is 27.3. The summed E-state index contributed by atoms with van der Waals surface area (Å²) < 4.78 is 0. The van der Waals surface area contributed by atoms with Gasteiger partial charge in [-0.2, -0.15) is 0 Å². The number of rotatable bonds is 8. The molecule has 154 valence electrons. The van der Waals surface area contributed by atoms with Gasteiger partial charge in [0, 0.05) is 37.4 Å². The van der Waals surface area contributed by atoms with Gasteiger partial charge in [0.25, 0.3) is 5.91 Å². The molecular weight excluding hydrogens is 362 g/mol. The zero-order chi connectivity index (χ0) is 20.5. The van der Waals surface area contributed by atoms with Gasteiger partial charge in [-0.15, -0.1) is 0 Å². The molecule has 1 fully saturated rings. The molecule has 1 aliphatic heterocycles. The molecule has 0 aliphatic carbocycles. The van der Waals surface area contributed by atoms with Crippen LogP contribution in [0, 0.1) is 0 Å². The number of hydrogen-bond acceptors (Lipinski definition) is 3. The Morgan fingerprint density at radius 3 is 2.48 bits per heavy atom.